The largest absolute Gasteiger partial charge is 0.394 e. The van der Waals surface area contributed by atoms with Crippen LogP contribution < -0.4 is 5.46 Å². The van der Waals surface area contributed by atoms with Crippen molar-refractivity contribution in [1.29, 1.82) is 0 Å². The maximum absolute atomic E-state index is 9.74. The van der Waals surface area contributed by atoms with E-state index in [2.05, 4.69) is 28.1 Å². The zero-order chi connectivity index (χ0) is 12.6. The SMILES string of the molecule is Bc1cc(Br)c(C)cc1[C@H]1CC(O)[C@@H](CO)O1. The third-order valence-electron chi connectivity index (χ3n) is 3.30. The molecule has 17 heavy (non-hydrogen) atoms. The molecular weight excluding hydrogens is 283 g/mol. The van der Waals surface area contributed by atoms with Crippen molar-refractivity contribution < 1.29 is 14.9 Å². The molecule has 3 atom stereocenters. The summed E-state index contributed by atoms with van der Waals surface area (Å²) in [5.41, 5.74) is 3.38. The molecule has 1 aliphatic heterocycles. The van der Waals surface area contributed by atoms with Crippen molar-refractivity contribution in [1.82, 2.24) is 0 Å². The van der Waals surface area contributed by atoms with Crippen LogP contribution in [0.15, 0.2) is 16.6 Å². The molecule has 5 heteroatoms. The van der Waals surface area contributed by atoms with Gasteiger partial charge in [-0.25, -0.2) is 0 Å². The first kappa shape index (κ1) is 13.1. The van der Waals surface area contributed by atoms with Gasteiger partial charge in [0.15, 0.2) is 0 Å². The van der Waals surface area contributed by atoms with E-state index in [4.69, 9.17) is 9.84 Å². The van der Waals surface area contributed by atoms with E-state index in [1.54, 1.807) is 0 Å². The van der Waals surface area contributed by atoms with Crippen molar-refractivity contribution in [3.8, 4) is 0 Å². The summed E-state index contributed by atoms with van der Waals surface area (Å²) in [6, 6.07) is 4.14. The predicted octanol–water partition coefficient (Wildman–Crippen LogP) is 0.199. The van der Waals surface area contributed by atoms with Crippen molar-refractivity contribution in [2.75, 3.05) is 6.61 Å². The number of aliphatic hydroxyl groups is 2. The highest BCUT2D eigenvalue weighted by Gasteiger charge is 2.34. The van der Waals surface area contributed by atoms with E-state index in [9.17, 15) is 5.11 Å². The molecule has 2 rings (SSSR count). The number of benzene rings is 1. The molecule has 1 aliphatic rings. The van der Waals surface area contributed by atoms with Crippen molar-refractivity contribution in [3.63, 3.8) is 0 Å². The van der Waals surface area contributed by atoms with Crippen LogP contribution in [0.25, 0.3) is 0 Å². The molecule has 1 fully saturated rings. The Balaban J connectivity index is 2.27. The van der Waals surface area contributed by atoms with E-state index >= 15 is 0 Å². The van der Waals surface area contributed by atoms with Crippen LogP contribution in [0.4, 0.5) is 0 Å². The highest BCUT2D eigenvalue weighted by atomic mass is 79.9. The van der Waals surface area contributed by atoms with E-state index in [-0.39, 0.29) is 12.7 Å². The quantitative estimate of drug-likeness (QED) is 0.767. The van der Waals surface area contributed by atoms with Gasteiger partial charge in [0.1, 0.15) is 14.0 Å². The third kappa shape index (κ3) is 2.57. The van der Waals surface area contributed by atoms with Gasteiger partial charge in [0.2, 0.25) is 0 Å². The second-order valence-electron chi connectivity index (χ2n) is 4.61. The number of aryl methyl sites for hydroxylation is 1. The summed E-state index contributed by atoms with van der Waals surface area (Å²) in [6.07, 6.45) is -0.599. The topological polar surface area (TPSA) is 49.7 Å². The van der Waals surface area contributed by atoms with E-state index in [0.717, 1.165) is 21.1 Å². The molecule has 1 aromatic carbocycles. The zero-order valence-electron chi connectivity index (χ0n) is 9.98. The van der Waals surface area contributed by atoms with Gasteiger partial charge in [0, 0.05) is 10.9 Å². The summed E-state index contributed by atoms with van der Waals surface area (Å²) in [5.74, 6) is 0. The van der Waals surface area contributed by atoms with E-state index in [1.165, 1.54) is 0 Å². The molecule has 0 saturated carbocycles. The normalized spacial score (nSPS) is 28.6. The van der Waals surface area contributed by atoms with Crippen LogP contribution >= 0.6 is 15.9 Å². The first-order valence-corrected chi connectivity index (χ1v) is 6.53. The molecule has 0 aromatic heterocycles. The van der Waals surface area contributed by atoms with Gasteiger partial charge in [-0.3, -0.25) is 0 Å². The summed E-state index contributed by atoms with van der Waals surface area (Å²) in [6.45, 7) is 1.90. The van der Waals surface area contributed by atoms with Gasteiger partial charge in [0.25, 0.3) is 0 Å². The number of hydrogen-bond acceptors (Lipinski definition) is 3. The number of halogens is 1. The highest BCUT2D eigenvalue weighted by molar-refractivity contribution is 9.10. The van der Waals surface area contributed by atoms with Gasteiger partial charge in [-0.15, -0.1) is 0 Å². The number of aliphatic hydroxyl groups excluding tert-OH is 2. The Morgan fingerprint density at radius 2 is 2.24 bits per heavy atom. The molecule has 0 radical (unpaired) electrons. The first-order valence-electron chi connectivity index (χ1n) is 5.74. The van der Waals surface area contributed by atoms with Gasteiger partial charge in [-0.05, 0) is 18.1 Å². The maximum Gasteiger partial charge on any atom is 0.139 e. The highest BCUT2D eigenvalue weighted by Crippen LogP contribution is 2.33. The number of hydrogen-bond donors (Lipinski definition) is 2. The minimum atomic E-state index is -0.576. The number of ether oxygens (including phenoxy) is 1. The van der Waals surface area contributed by atoms with Crippen molar-refractivity contribution in [2.45, 2.75) is 31.7 Å². The molecule has 3 nitrogen and oxygen atoms in total. The first-order chi connectivity index (χ1) is 8.02. The van der Waals surface area contributed by atoms with E-state index in [0.29, 0.717) is 6.42 Å². The lowest BCUT2D eigenvalue weighted by Gasteiger charge is -2.16. The summed E-state index contributed by atoms with van der Waals surface area (Å²) in [5, 5.41) is 18.8. The fraction of sp³-hybridized carbons (Fsp3) is 0.500. The Morgan fingerprint density at radius 3 is 2.82 bits per heavy atom. The van der Waals surface area contributed by atoms with Crippen LogP contribution in [0.2, 0.25) is 0 Å². The summed E-state index contributed by atoms with van der Waals surface area (Å²) in [7, 11) is 2.03. The van der Waals surface area contributed by atoms with Crippen LogP contribution in [0, 0.1) is 6.92 Å². The summed E-state index contributed by atoms with van der Waals surface area (Å²) >= 11 is 3.50. The third-order valence-corrected chi connectivity index (χ3v) is 4.15. The van der Waals surface area contributed by atoms with Gasteiger partial charge in [-0.2, -0.15) is 0 Å². The molecule has 0 aliphatic carbocycles. The molecule has 1 unspecified atom stereocenters. The summed E-state index contributed by atoms with van der Waals surface area (Å²) in [4.78, 5) is 0. The monoisotopic (exact) mass is 298 g/mol. The lowest BCUT2D eigenvalue weighted by molar-refractivity contribution is -0.0223. The number of rotatable bonds is 2. The van der Waals surface area contributed by atoms with Crippen LogP contribution in [0.3, 0.4) is 0 Å². The molecule has 0 amide bonds. The van der Waals surface area contributed by atoms with Crippen molar-refractivity contribution in [2.24, 2.45) is 0 Å². The standard InChI is InChI=1S/C12H16BBrO3/c1-6-2-7(8(13)3-9(6)14)11-4-10(16)12(5-15)17-11/h2-3,10-12,15-16H,4-5,13H2,1H3/t10?,11-,12-/m1/s1. The Morgan fingerprint density at radius 1 is 1.53 bits per heavy atom. The zero-order valence-corrected chi connectivity index (χ0v) is 11.6. The average molecular weight is 299 g/mol. The van der Waals surface area contributed by atoms with Gasteiger partial charge in [0.05, 0.1) is 18.8 Å². The average Bonchev–Trinajstić information content (AvgIpc) is 2.65. The van der Waals surface area contributed by atoms with Crippen LogP contribution in [-0.2, 0) is 4.74 Å². The fourth-order valence-corrected chi connectivity index (χ4v) is 2.70. The Kier molecular flexibility index (Phi) is 3.93. The molecule has 1 saturated heterocycles. The minimum absolute atomic E-state index is 0.117. The lowest BCUT2D eigenvalue weighted by atomic mass is 9.86. The van der Waals surface area contributed by atoms with E-state index < -0.39 is 12.2 Å². The van der Waals surface area contributed by atoms with Gasteiger partial charge < -0.3 is 14.9 Å². The smallest absolute Gasteiger partial charge is 0.139 e. The van der Waals surface area contributed by atoms with Gasteiger partial charge >= 0.3 is 0 Å². The Labute approximate surface area is 110 Å². The maximum atomic E-state index is 9.74. The molecule has 92 valence electrons. The second kappa shape index (κ2) is 5.10. The predicted molar refractivity (Wildman–Crippen MR) is 72.4 cm³/mol. The van der Waals surface area contributed by atoms with Crippen molar-refractivity contribution in [3.05, 3.63) is 27.7 Å². The van der Waals surface area contributed by atoms with Crippen LogP contribution in [0.1, 0.15) is 23.7 Å². The van der Waals surface area contributed by atoms with Gasteiger partial charge in [-0.1, -0.05) is 33.5 Å². The lowest BCUT2D eigenvalue weighted by Crippen LogP contribution is -2.24. The molecule has 0 spiro atoms. The summed E-state index contributed by atoms with van der Waals surface area (Å²) < 4.78 is 6.75. The molecular formula is C12H16BBrO3. The van der Waals surface area contributed by atoms with Crippen molar-refractivity contribution >= 4 is 29.2 Å². The second-order valence-corrected chi connectivity index (χ2v) is 5.46. The molecule has 0 bridgehead atoms. The molecule has 1 heterocycles. The molecule has 2 N–H and O–H groups in total. The fourth-order valence-electron chi connectivity index (χ4n) is 2.24. The van der Waals surface area contributed by atoms with E-state index in [1.807, 2.05) is 14.8 Å². The Hall–Kier alpha value is -0.355. The Bertz CT molecular complexity index is 424. The van der Waals surface area contributed by atoms with Crippen LogP contribution in [-0.4, -0.2) is 36.9 Å². The molecule has 1 aromatic rings. The van der Waals surface area contributed by atoms with Crippen LogP contribution in [0.5, 0.6) is 0 Å². The minimum Gasteiger partial charge on any atom is -0.394 e.